The van der Waals surface area contributed by atoms with Crippen LogP contribution in [0.2, 0.25) is 0 Å². The monoisotopic (exact) mass is 465 g/mol. The number of nitrogens with zero attached hydrogens (tertiary/aromatic N) is 4. The van der Waals surface area contributed by atoms with Crippen LogP contribution >= 0.6 is 0 Å². The summed E-state index contributed by atoms with van der Waals surface area (Å²) < 4.78 is 5.50. The minimum Gasteiger partial charge on any atom is -0.396 e. The number of carbonyl (C=O) groups is 1. The third-order valence-electron chi connectivity index (χ3n) is 6.86. The molecule has 1 aliphatic heterocycles. The van der Waals surface area contributed by atoms with Gasteiger partial charge in [0.1, 0.15) is 0 Å². The summed E-state index contributed by atoms with van der Waals surface area (Å²) in [6.07, 6.45) is 3.98. The van der Waals surface area contributed by atoms with E-state index in [1.165, 1.54) is 0 Å². The number of amides is 2. The Morgan fingerprint density at radius 2 is 1.88 bits per heavy atom. The maximum Gasteiger partial charge on any atom is 0.318 e. The lowest BCUT2D eigenvalue weighted by atomic mass is 9.80. The molecule has 4 N–H and O–H groups in total. The molecule has 34 heavy (non-hydrogen) atoms. The number of carbonyl (C=O) groups excluding carboxylic acids is 1. The maximum atomic E-state index is 11.7. The van der Waals surface area contributed by atoms with Gasteiger partial charge < -0.3 is 25.4 Å². The zero-order valence-corrected chi connectivity index (χ0v) is 19.4. The number of aliphatic hydroxyl groups is 1. The molecule has 0 radical (unpaired) electrons. The molecule has 1 saturated heterocycles. The number of aromatic nitrogens is 4. The topological polar surface area (TPSA) is 128 Å². The molecule has 0 atom stereocenters. The molecular weight excluding hydrogens is 434 g/mol. The van der Waals surface area contributed by atoms with E-state index in [1.54, 1.807) is 7.05 Å². The Kier molecular flexibility index (Phi) is 6.59. The first-order chi connectivity index (χ1) is 16.7. The third kappa shape index (κ3) is 4.55. The van der Waals surface area contributed by atoms with E-state index in [0.717, 1.165) is 66.8 Å². The average molecular weight is 466 g/mol. The van der Waals surface area contributed by atoms with Crippen LogP contribution in [0, 0.1) is 5.92 Å². The minimum atomic E-state index is -0.262. The van der Waals surface area contributed by atoms with E-state index in [1.807, 2.05) is 24.3 Å². The van der Waals surface area contributed by atoms with E-state index in [2.05, 4.69) is 20.6 Å². The fourth-order valence-corrected chi connectivity index (χ4v) is 4.87. The van der Waals surface area contributed by atoms with Gasteiger partial charge in [0, 0.05) is 43.9 Å². The number of morpholine rings is 1. The highest BCUT2D eigenvalue weighted by atomic mass is 16.5. The van der Waals surface area contributed by atoms with Crippen molar-refractivity contribution in [3.63, 3.8) is 0 Å². The molecule has 1 aliphatic carbocycles. The smallest absolute Gasteiger partial charge is 0.318 e. The van der Waals surface area contributed by atoms with Gasteiger partial charge in [0.15, 0.2) is 5.65 Å². The summed E-state index contributed by atoms with van der Waals surface area (Å²) >= 11 is 0. The average Bonchev–Trinajstić information content (AvgIpc) is 3.33. The number of H-pyrrole nitrogens is 1. The zero-order chi connectivity index (χ0) is 23.5. The normalized spacial score (nSPS) is 20.9. The second-order valence-electron chi connectivity index (χ2n) is 8.99. The third-order valence-corrected chi connectivity index (χ3v) is 6.86. The van der Waals surface area contributed by atoms with Gasteiger partial charge in [-0.2, -0.15) is 10.1 Å². The van der Waals surface area contributed by atoms with Crippen LogP contribution in [0.25, 0.3) is 22.3 Å². The van der Waals surface area contributed by atoms with E-state index < -0.39 is 0 Å². The number of hydrogen-bond acceptors (Lipinski definition) is 7. The lowest BCUT2D eigenvalue weighted by molar-refractivity contribution is 0.122. The molecule has 10 nitrogen and oxygen atoms in total. The standard InChI is InChI=1S/C24H31N7O3/c1-25-24(33)26-18-8-6-16(7-9-18)20-19-21(17-4-2-15(14-32)3-5-17)29-30-22(19)28-23(27-20)31-10-12-34-13-11-31/h6-9,15,17,32H,2-5,10-14H2,1H3,(H2,25,26,33)(H,27,28,29,30). The lowest BCUT2D eigenvalue weighted by Gasteiger charge is -2.28. The van der Waals surface area contributed by atoms with Crippen molar-refractivity contribution >= 4 is 28.7 Å². The molecule has 0 unspecified atom stereocenters. The maximum absolute atomic E-state index is 11.7. The van der Waals surface area contributed by atoms with Crippen LogP contribution in [0.3, 0.4) is 0 Å². The first kappa shape index (κ1) is 22.5. The summed E-state index contributed by atoms with van der Waals surface area (Å²) in [6, 6.07) is 7.42. The van der Waals surface area contributed by atoms with Gasteiger partial charge in [0.2, 0.25) is 5.95 Å². The summed E-state index contributed by atoms with van der Waals surface area (Å²) in [6.45, 7) is 3.04. The van der Waals surface area contributed by atoms with Crippen LogP contribution in [0.5, 0.6) is 0 Å². The largest absolute Gasteiger partial charge is 0.396 e. The quantitative estimate of drug-likeness (QED) is 0.456. The van der Waals surface area contributed by atoms with Crippen LogP contribution in [-0.4, -0.2) is 71.3 Å². The molecule has 180 valence electrons. The highest BCUT2D eigenvalue weighted by Crippen LogP contribution is 2.40. The second-order valence-corrected chi connectivity index (χ2v) is 8.99. The number of aliphatic hydroxyl groups excluding tert-OH is 1. The van der Waals surface area contributed by atoms with Crippen LogP contribution in [0.15, 0.2) is 24.3 Å². The number of urea groups is 1. The molecule has 5 rings (SSSR count). The molecule has 3 aromatic rings. The number of ether oxygens (including phenoxy) is 1. The van der Waals surface area contributed by atoms with Crippen molar-refractivity contribution in [3.8, 4) is 11.3 Å². The van der Waals surface area contributed by atoms with Gasteiger partial charge in [-0.25, -0.2) is 9.78 Å². The first-order valence-corrected chi connectivity index (χ1v) is 11.9. The SMILES string of the molecule is CNC(=O)Nc1ccc(-c2nc(N3CCOCC3)nc3[nH]nc(C4CCC(CO)CC4)c23)cc1. The Labute approximate surface area is 198 Å². The van der Waals surface area contributed by atoms with E-state index >= 15 is 0 Å². The number of hydrogen-bond donors (Lipinski definition) is 4. The Morgan fingerprint density at radius 3 is 2.56 bits per heavy atom. The number of fused-ring (bicyclic) bond motifs is 1. The number of aromatic amines is 1. The van der Waals surface area contributed by atoms with Crippen molar-refractivity contribution in [1.29, 1.82) is 0 Å². The van der Waals surface area contributed by atoms with E-state index in [0.29, 0.717) is 36.7 Å². The van der Waals surface area contributed by atoms with Crippen molar-refractivity contribution in [2.24, 2.45) is 5.92 Å². The Morgan fingerprint density at radius 1 is 1.15 bits per heavy atom. The summed E-state index contributed by atoms with van der Waals surface area (Å²) in [5.74, 6) is 1.35. The highest BCUT2D eigenvalue weighted by Gasteiger charge is 2.28. The van der Waals surface area contributed by atoms with Crippen molar-refractivity contribution in [3.05, 3.63) is 30.0 Å². The van der Waals surface area contributed by atoms with Crippen LogP contribution in [-0.2, 0) is 4.74 Å². The summed E-state index contributed by atoms with van der Waals surface area (Å²) in [7, 11) is 1.59. The fraction of sp³-hybridized carbons (Fsp3) is 0.500. The van der Waals surface area contributed by atoms with Gasteiger partial charge in [0.05, 0.1) is 30.0 Å². The number of benzene rings is 1. The molecule has 2 amide bonds. The number of rotatable bonds is 5. The summed E-state index contributed by atoms with van der Waals surface area (Å²) in [5.41, 5.74) is 4.22. The van der Waals surface area contributed by atoms with Gasteiger partial charge in [-0.15, -0.1) is 0 Å². The molecule has 0 bridgehead atoms. The van der Waals surface area contributed by atoms with E-state index in [4.69, 9.17) is 19.8 Å². The van der Waals surface area contributed by atoms with Crippen molar-refractivity contribution < 1.29 is 14.6 Å². The Hall–Kier alpha value is -3.24. The molecule has 1 saturated carbocycles. The Balaban J connectivity index is 1.55. The lowest BCUT2D eigenvalue weighted by Crippen LogP contribution is -2.37. The fourth-order valence-electron chi connectivity index (χ4n) is 4.87. The molecule has 1 aromatic carbocycles. The predicted molar refractivity (Wildman–Crippen MR) is 130 cm³/mol. The molecule has 0 spiro atoms. The number of nitrogens with one attached hydrogen (secondary N) is 3. The van der Waals surface area contributed by atoms with Crippen LogP contribution in [0.4, 0.5) is 16.4 Å². The van der Waals surface area contributed by atoms with Crippen molar-refractivity contribution in [2.45, 2.75) is 31.6 Å². The second kappa shape index (κ2) is 9.94. The van der Waals surface area contributed by atoms with E-state index in [9.17, 15) is 9.90 Å². The zero-order valence-electron chi connectivity index (χ0n) is 19.4. The highest BCUT2D eigenvalue weighted by molar-refractivity contribution is 5.94. The van der Waals surface area contributed by atoms with Crippen LogP contribution in [0.1, 0.15) is 37.3 Å². The first-order valence-electron chi connectivity index (χ1n) is 11.9. The number of anilines is 2. The predicted octanol–water partition coefficient (Wildman–Crippen LogP) is 2.87. The van der Waals surface area contributed by atoms with Gasteiger partial charge in [-0.1, -0.05) is 12.1 Å². The summed E-state index contributed by atoms with van der Waals surface area (Å²) in [4.78, 5) is 23.7. The van der Waals surface area contributed by atoms with Gasteiger partial charge >= 0.3 is 6.03 Å². The van der Waals surface area contributed by atoms with Crippen molar-refractivity contribution in [2.75, 3.05) is 50.2 Å². The molecule has 2 aromatic heterocycles. The van der Waals surface area contributed by atoms with Gasteiger partial charge in [-0.3, -0.25) is 5.10 Å². The molecule has 10 heteroatoms. The minimum absolute atomic E-state index is 0.252. The molecule has 2 fully saturated rings. The molecule has 2 aliphatic rings. The molecular formula is C24H31N7O3. The van der Waals surface area contributed by atoms with Crippen molar-refractivity contribution in [1.82, 2.24) is 25.5 Å². The summed E-state index contributed by atoms with van der Waals surface area (Å²) in [5, 5.41) is 23.7. The van der Waals surface area contributed by atoms with Crippen LogP contribution < -0.4 is 15.5 Å². The molecule has 3 heterocycles. The van der Waals surface area contributed by atoms with Gasteiger partial charge in [-0.05, 0) is 43.7 Å². The van der Waals surface area contributed by atoms with E-state index in [-0.39, 0.29) is 12.6 Å². The van der Waals surface area contributed by atoms with Gasteiger partial charge in [0.25, 0.3) is 0 Å². The Bertz CT molecular complexity index is 1130.